The quantitative estimate of drug-likeness (QED) is 0.637. The Morgan fingerprint density at radius 1 is 1.14 bits per heavy atom. The number of hydrogen-bond donors (Lipinski definition) is 1. The second kappa shape index (κ2) is 7.40. The number of carbonyl (C=O) groups excluding carboxylic acids is 1. The molecule has 2 aliphatic rings. The van der Waals surface area contributed by atoms with Crippen molar-refractivity contribution in [2.45, 2.75) is 24.0 Å². The molecule has 0 amide bonds. The number of Topliss-reactive ketones (excluding diaryl/α,β-unsaturated/α-hetero) is 1. The van der Waals surface area contributed by atoms with E-state index in [-0.39, 0.29) is 17.7 Å². The Bertz CT molecular complexity index is 1090. The third kappa shape index (κ3) is 3.31. The van der Waals surface area contributed by atoms with E-state index < -0.39 is 0 Å². The number of nitrogens with one attached hydrogen (secondary N) is 1. The number of hydrogen-bond acceptors (Lipinski definition) is 6. The number of rotatable bonds is 4. The number of nitrogens with zero attached hydrogens (tertiary/aromatic N) is 3. The van der Waals surface area contributed by atoms with Crippen molar-refractivity contribution in [1.29, 1.82) is 0 Å². The molecule has 1 aliphatic carbocycles. The number of aromatic nitrogens is 3. The maximum Gasteiger partial charge on any atom is 0.227 e. The summed E-state index contributed by atoms with van der Waals surface area (Å²) in [5.41, 5.74) is 1.90. The van der Waals surface area contributed by atoms with Crippen LogP contribution < -0.4 is 10.1 Å². The second-order valence-corrected chi connectivity index (χ2v) is 7.84. The Balaban J connectivity index is 1.58. The zero-order valence-electron chi connectivity index (χ0n) is 15.9. The molecule has 6 nitrogen and oxygen atoms in total. The van der Waals surface area contributed by atoms with Gasteiger partial charge in [0.15, 0.2) is 0 Å². The number of fused-ring (bicyclic) bond motifs is 2. The summed E-state index contributed by atoms with van der Waals surface area (Å²) in [6, 6.07) is 17.3. The highest BCUT2D eigenvalue weighted by Crippen LogP contribution is 2.42. The van der Waals surface area contributed by atoms with E-state index in [9.17, 15) is 4.79 Å². The smallest absolute Gasteiger partial charge is 0.227 e. The Labute approximate surface area is 173 Å². The van der Waals surface area contributed by atoms with Gasteiger partial charge in [-0.05, 0) is 42.5 Å². The zero-order valence-corrected chi connectivity index (χ0v) is 16.7. The van der Waals surface area contributed by atoms with Crippen LogP contribution in [0.5, 0.6) is 11.5 Å². The van der Waals surface area contributed by atoms with E-state index in [4.69, 9.17) is 4.74 Å². The minimum Gasteiger partial charge on any atom is -0.457 e. The summed E-state index contributed by atoms with van der Waals surface area (Å²) >= 11 is 1.49. The Kier molecular flexibility index (Phi) is 4.60. The molecule has 2 atom stereocenters. The van der Waals surface area contributed by atoms with Crippen molar-refractivity contribution in [2.24, 2.45) is 5.92 Å². The van der Waals surface area contributed by atoms with Gasteiger partial charge in [-0.1, -0.05) is 48.2 Å². The molecule has 29 heavy (non-hydrogen) atoms. The van der Waals surface area contributed by atoms with E-state index in [0.717, 1.165) is 29.2 Å². The highest BCUT2D eigenvalue weighted by Gasteiger charge is 2.41. The van der Waals surface area contributed by atoms with Gasteiger partial charge in [-0.2, -0.15) is 4.98 Å². The summed E-state index contributed by atoms with van der Waals surface area (Å²) in [7, 11) is 0. The first kappa shape index (κ1) is 18.0. The lowest BCUT2D eigenvalue weighted by Crippen LogP contribution is -2.38. The topological polar surface area (TPSA) is 69.0 Å². The van der Waals surface area contributed by atoms with Gasteiger partial charge < -0.3 is 10.1 Å². The number of carbonyl (C=O) groups is 1. The van der Waals surface area contributed by atoms with Crippen molar-refractivity contribution in [3.63, 3.8) is 0 Å². The minimum absolute atomic E-state index is 0.223. The van der Waals surface area contributed by atoms with Crippen molar-refractivity contribution in [3.8, 4) is 11.5 Å². The van der Waals surface area contributed by atoms with Crippen molar-refractivity contribution < 1.29 is 9.53 Å². The molecule has 146 valence electrons. The van der Waals surface area contributed by atoms with Crippen molar-refractivity contribution >= 4 is 23.5 Å². The van der Waals surface area contributed by atoms with E-state index in [0.29, 0.717) is 17.5 Å². The fraction of sp³-hybridized carbons (Fsp3) is 0.227. The van der Waals surface area contributed by atoms with Crippen LogP contribution in [0.25, 0.3) is 0 Å². The molecule has 0 radical (unpaired) electrons. The Morgan fingerprint density at radius 3 is 2.79 bits per heavy atom. The van der Waals surface area contributed by atoms with E-state index in [1.165, 1.54) is 11.8 Å². The van der Waals surface area contributed by atoms with Gasteiger partial charge >= 0.3 is 0 Å². The van der Waals surface area contributed by atoms with Crippen LogP contribution >= 0.6 is 11.8 Å². The van der Waals surface area contributed by atoms with E-state index in [1.807, 2.05) is 65.5 Å². The van der Waals surface area contributed by atoms with Crippen molar-refractivity contribution in [1.82, 2.24) is 14.8 Å². The molecule has 7 heteroatoms. The van der Waals surface area contributed by atoms with Gasteiger partial charge in [0.25, 0.3) is 0 Å². The third-order valence-corrected chi connectivity index (χ3v) is 5.78. The lowest BCUT2D eigenvalue weighted by Gasteiger charge is -2.36. The molecule has 3 aromatic rings. The number of ketones is 1. The summed E-state index contributed by atoms with van der Waals surface area (Å²) in [5, 5.41) is 8.66. The molecule has 0 bridgehead atoms. The summed E-state index contributed by atoms with van der Waals surface area (Å²) in [6.07, 6.45) is 5.36. The minimum atomic E-state index is -0.292. The molecule has 2 heterocycles. The van der Waals surface area contributed by atoms with E-state index in [2.05, 4.69) is 21.5 Å². The molecule has 0 spiro atoms. The van der Waals surface area contributed by atoms with Crippen LogP contribution in [-0.4, -0.2) is 26.8 Å². The molecule has 0 fully saturated rings. The van der Waals surface area contributed by atoms with Gasteiger partial charge in [-0.3, -0.25) is 4.79 Å². The molecule has 5 rings (SSSR count). The van der Waals surface area contributed by atoms with Gasteiger partial charge in [0.2, 0.25) is 11.1 Å². The normalized spacial score (nSPS) is 20.3. The van der Waals surface area contributed by atoms with Crippen LogP contribution in [0.3, 0.4) is 0 Å². The van der Waals surface area contributed by atoms with E-state index >= 15 is 0 Å². The lowest BCUT2D eigenvalue weighted by atomic mass is 9.81. The van der Waals surface area contributed by atoms with E-state index in [1.54, 1.807) is 0 Å². The van der Waals surface area contributed by atoms with Crippen LogP contribution in [0.15, 0.2) is 71.5 Å². The average molecular weight is 404 g/mol. The SMILES string of the molecule is CSc1nc2n(n1)[C@H](c1cccc(Oc3ccccc3)c1)[C@H]1C(=O)CCC=C1N2. The van der Waals surface area contributed by atoms with Crippen LogP contribution in [0.1, 0.15) is 24.4 Å². The molecule has 1 N–H and O–H groups in total. The number of ether oxygens (including phenoxy) is 1. The molecular weight excluding hydrogens is 384 g/mol. The monoisotopic (exact) mass is 404 g/mol. The van der Waals surface area contributed by atoms with Gasteiger partial charge in [0, 0.05) is 12.1 Å². The van der Waals surface area contributed by atoms with Crippen LogP contribution in [0.4, 0.5) is 5.95 Å². The first-order chi connectivity index (χ1) is 14.2. The third-order valence-electron chi connectivity index (χ3n) is 5.25. The summed E-state index contributed by atoms with van der Waals surface area (Å²) in [6.45, 7) is 0. The fourth-order valence-electron chi connectivity index (χ4n) is 3.96. The highest BCUT2D eigenvalue weighted by molar-refractivity contribution is 7.98. The molecule has 1 aromatic heterocycles. The lowest BCUT2D eigenvalue weighted by molar-refractivity contribution is -0.123. The predicted octanol–water partition coefficient (Wildman–Crippen LogP) is 4.67. The largest absolute Gasteiger partial charge is 0.457 e. The number of anilines is 1. The van der Waals surface area contributed by atoms with Crippen molar-refractivity contribution in [3.05, 3.63) is 71.9 Å². The van der Waals surface area contributed by atoms with Gasteiger partial charge in [-0.25, -0.2) is 4.68 Å². The number of thioether (sulfide) groups is 1. The Hall–Kier alpha value is -3.06. The maximum atomic E-state index is 12.9. The zero-order chi connectivity index (χ0) is 19.8. The standard InChI is InChI=1S/C22H20N4O2S/c1-29-22-24-21-23-17-11-6-12-18(27)19(17)20(26(21)25-22)14-7-5-10-16(13-14)28-15-8-3-2-4-9-15/h2-5,7-11,13,19-20H,6,12H2,1H3,(H,23,24,25)/t19-,20-/m1/s1. The van der Waals surface area contributed by atoms with Crippen LogP contribution in [0, 0.1) is 5.92 Å². The first-order valence-electron chi connectivity index (χ1n) is 9.56. The molecule has 2 aromatic carbocycles. The molecule has 0 unspecified atom stereocenters. The van der Waals surface area contributed by atoms with Gasteiger partial charge in [-0.15, -0.1) is 5.10 Å². The highest BCUT2D eigenvalue weighted by atomic mass is 32.2. The van der Waals surface area contributed by atoms with Gasteiger partial charge in [0.1, 0.15) is 17.3 Å². The summed E-state index contributed by atoms with van der Waals surface area (Å²) in [4.78, 5) is 17.5. The fourth-order valence-corrected chi connectivity index (χ4v) is 4.31. The Morgan fingerprint density at radius 2 is 1.97 bits per heavy atom. The summed E-state index contributed by atoms with van der Waals surface area (Å²) in [5.74, 6) is 2.11. The molecule has 0 saturated carbocycles. The molecule has 0 saturated heterocycles. The van der Waals surface area contributed by atoms with Crippen LogP contribution in [0.2, 0.25) is 0 Å². The summed E-state index contributed by atoms with van der Waals surface area (Å²) < 4.78 is 7.87. The van der Waals surface area contributed by atoms with Crippen LogP contribution in [-0.2, 0) is 4.79 Å². The van der Waals surface area contributed by atoms with Gasteiger partial charge in [0.05, 0.1) is 12.0 Å². The first-order valence-corrected chi connectivity index (χ1v) is 10.8. The second-order valence-electron chi connectivity index (χ2n) is 7.07. The molecule has 1 aliphatic heterocycles. The number of para-hydroxylation sites is 1. The molecular formula is C22H20N4O2S. The maximum absolute atomic E-state index is 12.9. The predicted molar refractivity (Wildman–Crippen MR) is 112 cm³/mol. The van der Waals surface area contributed by atoms with Crippen molar-refractivity contribution in [2.75, 3.05) is 11.6 Å². The number of benzene rings is 2. The average Bonchev–Trinajstić information content (AvgIpc) is 3.16. The number of allylic oxidation sites excluding steroid dienone is 2.